The molecule has 1 aliphatic rings. The summed E-state index contributed by atoms with van der Waals surface area (Å²) in [7, 11) is 0. The number of hydrogen-bond acceptors (Lipinski definition) is 5. The van der Waals surface area contributed by atoms with Crippen molar-refractivity contribution in [3.63, 3.8) is 0 Å². The van der Waals surface area contributed by atoms with Gasteiger partial charge in [-0.15, -0.1) is 11.8 Å². The standard InChI is InChI=1S/C10H14ClN3OS/c1-16-7-5-12-9(11)13-8(7)14-10(6-15)3-2-4-10/h5,15H,2-4,6H2,1H3,(H,12,13,14). The highest BCUT2D eigenvalue weighted by Gasteiger charge is 2.37. The van der Waals surface area contributed by atoms with Crippen molar-refractivity contribution < 1.29 is 5.11 Å². The van der Waals surface area contributed by atoms with E-state index in [4.69, 9.17) is 11.6 Å². The average molecular weight is 260 g/mol. The highest BCUT2D eigenvalue weighted by atomic mass is 35.5. The molecule has 2 rings (SSSR count). The molecular formula is C10H14ClN3OS. The Balaban J connectivity index is 2.22. The molecule has 0 spiro atoms. The summed E-state index contributed by atoms with van der Waals surface area (Å²) in [6.07, 6.45) is 6.75. The monoisotopic (exact) mass is 259 g/mol. The van der Waals surface area contributed by atoms with E-state index >= 15 is 0 Å². The van der Waals surface area contributed by atoms with Crippen molar-refractivity contribution in [2.75, 3.05) is 18.2 Å². The van der Waals surface area contributed by atoms with Crippen LogP contribution in [0, 0.1) is 0 Å². The zero-order valence-electron chi connectivity index (χ0n) is 9.03. The van der Waals surface area contributed by atoms with Crippen LogP contribution in [0.25, 0.3) is 0 Å². The third-order valence-corrected chi connectivity index (χ3v) is 3.86. The minimum absolute atomic E-state index is 0.127. The van der Waals surface area contributed by atoms with Crippen molar-refractivity contribution in [1.82, 2.24) is 9.97 Å². The van der Waals surface area contributed by atoms with Gasteiger partial charge in [0.05, 0.1) is 17.0 Å². The topological polar surface area (TPSA) is 58.0 Å². The predicted molar refractivity (Wildman–Crippen MR) is 66.1 cm³/mol. The van der Waals surface area contributed by atoms with Gasteiger partial charge in [-0.3, -0.25) is 0 Å². The van der Waals surface area contributed by atoms with Crippen molar-refractivity contribution in [3.05, 3.63) is 11.5 Å². The molecule has 2 N–H and O–H groups in total. The zero-order valence-corrected chi connectivity index (χ0v) is 10.6. The summed E-state index contributed by atoms with van der Waals surface area (Å²) in [5.41, 5.74) is -0.206. The summed E-state index contributed by atoms with van der Waals surface area (Å²) in [5, 5.41) is 12.9. The van der Waals surface area contributed by atoms with Crippen LogP contribution in [0.3, 0.4) is 0 Å². The lowest BCUT2D eigenvalue weighted by Gasteiger charge is -2.41. The van der Waals surface area contributed by atoms with Crippen molar-refractivity contribution in [1.29, 1.82) is 0 Å². The molecule has 0 aromatic carbocycles. The maximum Gasteiger partial charge on any atom is 0.224 e. The lowest BCUT2D eigenvalue weighted by atomic mass is 9.77. The van der Waals surface area contributed by atoms with Crippen LogP contribution in [0.15, 0.2) is 11.1 Å². The van der Waals surface area contributed by atoms with Crippen molar-refractivity contribution in [3.8, 4) is 0 Å². The number of nitrogens with zero attached hydrogens (tertiary/aromatic N) is 2. The summed E-state index contributed by atoms with van der Waals surface area (Å²) in [6.45, 7) is 0.127. The first kappa shape index (κ1) is 12.0. The van der Waals surface area contributed by atoms with E-state index in [1.54, 1.807) is 18.0 Å². The minimum Gasteiger partial charge on any atom is -0.394 e. The lowest BCUT2D eigenvalue weighted by Crippen LogP contribution is -2.48. The van der Waals surface area contributed by atoms with Gasteiger partial charge in [-0.05, 0) is 37.1 Å². The Morgan fingerprint density at radius 3 is 2.88 bits per heavy atom. The van der Waals surface area contributed by atoms with Gasteiger partial charge < -0.3 is 10.4 Å². The van der Waals surface area contributed by atoms with Crippen molar-refractivity contribution in [2.24, 2.45) is 0 Å². The molecule has 1 aromatic rings. The maximum absolute atomic E-state index is 9.39. The Hall–Kier alpha value is -0.520. The Morgan fingerprint density at radius 2 is 2.38 bits per heavy atom. The third-order valence-electron chi connectivity index (χ3n) is 2.94. The minimum atomic E-state index is -0.206. The summed E-state index contributed by atoms with van der Waals surface area (Å²) in [5.74, 6) is 0.723. The van der Waals surface area contributed by atoms with E-state index in [1.807, 2.05) is 6.26 Å². The highest BCUT2D eigenvalue weighted by Crippen LogP contribution is 2.36. The van der Waals surface area contributed by atoms with Crippen LogP contribution < -0.4 is 5.32 Å². The Labute approximate surface area is 104 Å². The number of rotatable bonds is 4. The number of halogens is 1. The fraction of sp³-hybridized carbons (Fsp3) is 0.600. The van der Waals surface area contributed by atoms with Crippen LogP contribution in [-0.4, -0.2) is 33.5 Å². The molecule has 0 amide bonds. The van der Waals surface area contributed by atoms with Gasteiger partial charge in [-0.2, -0.15) is 4.98 Å². The lowest BCUT2D eigenvalue weighted by molar-refractivity contribution is 0.143. The van der Waals surface area contributed by atoms with E-state index in [0.717, 1.165) is 30.0 Å². The molecule has 0 saturated heterocycles. The molecule has 88 valence electrons. The SMILES string of the molecule is CSc1cnc(Cl)nc1NC1(CO)CCC1. The smallest absolute Gasteiger partial charge is 0.224 e. The predicted octanol–water partition coefficient (Wildman–Crippen LogP) is 2.18. The fourth-order valence-corrected chi connectivity index (χ4v) is 2.35. The van der Waals surface area contributed by atoms with E-state index in [9.17, 15) is 5.11 Å². The van der Waals surface area contributed by atoms with Gasteiger partial charge in [0, 0.05) is 6.20 Å². The molecule has 0 atom stereocenters. The normalized spacial score (nSPS) is 17.9. The highest BCUT2D eigenvalue weighted by molar-refractivity contribution is 7.98. The average Bonchev–Trinajstić information content (AvgIpc) is 2.24. The van der Waals surface area contributed by atoms with Crippen LogP contribution in [0.4, 0.5) is 5.82 Å². The number of aliphatic hydroxyl groups is 1. The second-order valence-electron chi connectivity index (χ2n) is 3.97. The maximum atomic E-state index is 9.39. The van der Waals surface area contributed by atoms with Crippen LogP contribution in [0.1, 0.15) is 19.3 Å². The molecule has 4 nitrogen and oxygen atoms in total. The first-order chi connectivity index (χ1) is 7.69. The molecular weight excluding hydrogens is 246 g/mol. The van der Waals surface area contributed by atoms with Gasteiger partial charge in [0.25, 0.3) is 0 Å². The Morgan fingerprint density at radius 1 is 1.62 bits per heavy atom. The molecule has 1 aliphatic carbocycles. The summed E-state index contributed by atoms with van der Waals surface area (Å²) < 4.78 is 0. The van der Waals surface area contributed by atoms with Crippen LogP contribution >= 0.6 is 23.4 Å². The molecule has 0 unspecified atom stereocenters. The number of hydrogen-bond donors (Lipinski definition) is 2. The quantitative estimate of drug-likeness (QED) is 0.641. The van der Waals surface area contributed by atoms with Crippen molar-refractivity contribution >= 4 is 29.2 Å². The summed E-state index contributed by atoms with van der Waals surface area (Å²) >= 11 is 7.34. The van der Waals surface area contributed by atoms with Gasteiger partial charge in [0.2, 0.25) is 5.28 Å². The van der Waals surface area contributed by atoms with E-state index in [0.29, 0.717) is 0 Å². The number of nitrogens with one attached hydrogen (secondary N) is 1. The van der Waals surface area contributed by atoms with E-state index in [-0.39, 0.29) is 17.4 Å². The number of aliphatic hydroxyl groups excluding tert-OH is 1. The molecule has 1 saturated carbocycles. The molecule has 1 fully saturated rings. The van der Waals surface area contributed by atoms with E-state index in [2.05, 4.69) is 15.3 Å². The van der Waals surface area contributed by atoms with E-state index in [1.165, 1.54) is 0 Å². The molecule has 0 radical (unpaired) electrons. The zero-order chi connectivity index (χ0) is 11.6. The number of anilines is 1. The first-order valence-corrected chi connectivity index (χ1v) is 6.75. The number of aromatic nitrogens is 2. The molecule has 16 heavy (non-hydrogen) atoms. The molecule has 0 aliphatic heterocycles. The van der Waals surface area contributed by atoms with Gasteiger partial charge in [0.15, 0.2) is 0 Å². The first-order valence-electron chi connectivity index (χ1n) is 5.15. The van der Waals surface area contributed by atoms with Gasteiger partial charge in [-0.25, -0.2) is 4.98 Å². The summed E-state index contributed by atoms with van der Waals surface area (Å²) in [6, 6.07) is 0. The second-order valence-corrected chi connectivity index (χ2v) is 5.16. The third kappa shape index (κ3) is 2.26. The molecule has 1 heterocycles. The molecule has 0 bridgehead atoms. The van der Waals surface area contributed by atoms with E-state index < -0.39 is 0 Å². The molecule has 1 aromatic heterocycles. The molecule has 6 heteroatoms. The van der Waals surface area contributed by atoms with Crippen LogP contribution in [0.5, 0.6) is 0 Å². The Kier molecular flexibility index (Phi) is 3.56. The van der Waals surface area contributed by atoms with Gasteiger partial charge in [0.1, 0.15) is 5.82 Å². The van der Waals surface area contributed by atoms with Crippen LogP contribution in [-0.2, 0) is 0 Å². The van der Waals surface area contributed by atoms with Gasteiger partial charge in [-0.1, -0.05) is 0 Å². The van der Waals surface area contributed by atoms with Gasteiger partial charge >= 0.3 is 0 Å². The van der Waals surface area contributed by atoms with Crippen molar-refractivity contribution in [2.45, 2.75) is 29.7 Å². The fourth-order valence-electron chi connectivity index (χ4n) is 1.77. The summed E-state index contributed by atoms with van der Waals surface area (Å²) in [4.78, 5) is 9.06. The Bertz CT molecular complexity index is 379. The number of thioether (sulfide) groups is 1. The largest absolute Gasteiger partial charge is 0.394 e. The van der Waals surface area contributed by atoms with Crippen LogP contribution in [0.2, 0.25) is 5.28 Å². The second kappa shape index (κ2) is 4.77.